The molecule has 2 unspecified atom stereocenters. The van der Waals surface area contributed by atoms with E-state index < -0.39 is 12.0 Å². The summed E-state index contributed by atoms with van der Waals surface area (Å²) in [7, 11) is 0. The summed E-state index contributed by atoms with van der Waals surface area (Å²) >= 11 is 0. The molecule has 0 saturated heterocycles. The number of carbonyl (C=O) groups excluding carboxylic acids is 1. The summed E-state index contributed by atoms with van der Waals surface area (Å²) in [4.78, 5) is 19.9. The van der Waals surface area contributed by atoms with E-state index in [9.17, 15) is 9.90 Å². The van der Waals surface area contributed by atoms with Crippen LogP contribution in [0, 0.1) is 12.8 Å². The van der Waals surface area contributed by atoms with Crippen molar-refractivity contribution in [2.24, 2.45) is 5.92 Å². The zero-order chi connectivity index (χ0) is 19.5. The molecule has 0 spiro atoms. The number of amides is 1. The van der Waals surface area contributed by atoms with Crippen molar-refractivity contribution in [2.45, 2.75) is 57.7 Å². The van der Waals surface area contributed by atoms with Crippen molar-refractivity contribution < 1.29 is 9.90 Å². The third-order valence-electron chi connectivity index (χ3n) is 5.97. The molecule has 2 heterocycles. The molecule has 0 bridgehead atoms. The first-order chi connectivity index (χ1) is 13.6. The van der Waals surface area contributed by atoms with Gasteiger partial charge in [-0.1, -0.05) is 55.7 Å². The highest BCUT2D eigenvalue weighted by atomic mass is 16.3. The molecule has 4 rings (SSSR count). The van der Waals surface area contributed by atoms with Crippen molar-refractivity contribution in [2.75, 3.05) is 11.4 Å². The zero-order valence-electron chi connectivity index (χ0n) is 16.5. The molecule has 5 nitrogen and oxygen atoms in total. The fourth-order valence-corrected chi connectivity index (χ4v) is 4.40. The molecule has 28 heavy (non-hydrogen) atoms. The second-order valence-electron chi connectivity index (χ2n) is 8.13. The Bertz CT molecular complexity index is 818. The molecule has 1 aliphatic heterocycles. The Labute approximate surface area is 166 Å². The number of aliphatic hydroxyl groups excluding tert-OH is 1. The van der Waals surface area contributed by atoms with Gasteiger partial charge in [0.1, 0.15) is 5.82 Å². The number of nitrogens with one attached hydrogen (secondary N) is 1. The lowest BCUT2D eigenvalue weighted by Crippen LogP contribution is -2.48. The SMILES string of the molecule is Cc1ccc2c(n1)N(Cc1ccccc1)CC(C(=O)NC1CCCCC1)C2O. The highest BCUT2D eigenvalue weighted by molar-refractivity contribution is 5.81. The molecular weight excluding hydrogens is 350 g/mol. The lowest BCUT2D eigenvalue weighted by molar-refractivity contribution is -0.129. The zero-order valence-corrected chi connectivity index (χ0v) is 16.5. The first-order valence-electron chi connectivity index (χ1n) is 10.4. The smallest absolute Gasteiger partial charge is 0.228 e. The Balaban J connectivity index is 1.58. The third-order valence-corrected chi connectivity index (χ3v) is 5.97. The molecule has 1 saturated carbocycles. The number of aromatic nitrogens is 1. The van der Waals surface area contributed by atoms with Crippen molar-refractivity contribution in [3.05, 3.63) is 59.3 Å². The van der Waals surface area contributed by atoms with E-state index in [1.165, 1.54) is 24.8 Å². The molecule has 1 amide bonds. The first kappa shape index (κ1) is 18.9. The lowest BCUT2D eigenvalue weighted by atomic mass is 9.88. The van der Waals surface area contributed by atoms with Gasteiger partial charge >= 0.3 is 0 Å². The van der Waals surface area contributed by atoms with Crippen LogP contribution in [-0.2, 0) is 11.3 Å². The number of rotatable bonds is 4. The highest BCUT2D eigenvalue weighted by Gasteiger charge is 2.38. The number of carbonyl (C=O) groups is 1. The van der Waals surface area contributed by atoms with Gasteiger partial charge in [0, 0.05) is 30.4 Å². The van der Waals surface area contributed by atoms with Crippen LogP contribution in [0.3, 0.4) is 0 Å². The number of pyridine rings is 1. The van der Waals surface area contributed by atoms with Gasteiger partial charge in [0.15, 0.2) is 0 Å². The monoisotopic (exact) mass is 379 g/mol. The maximum absolute atomic E-state index is 13.0. The average molecular weight is 380 g/mol. The van der Waals surface area contributed by atoms with Gasteiger partial charge in [0.2, 0.25) is 5.91 Å². The summed E-state index contributed by atoms with van der Waals surface area (Å²) in [6.45, 7) is 3.09. The van der Waals surface area contributed by atoms with Crippen LogP contribution in [0.25, 0.3) is 0 Å². The van der Waals surface area contributed by atoms with Gasteiger partial charge in [0.05, 0.1) is 12.0 Å². The number of aliphatic hydroxyl groups is 1. The molecule has 1 aromatic heterocycles. The van der Waals surface area contributed by atoms with Gasteiger partial charge in [0.25, 0.3) is 0 Å². The van der Waals surface area contributed by atoms with Gasteiger partial charge in [-0.05, 0) is 31.4 Å². The van der Waals surface area contributed by atoms with Crippen LogP contribution >= 0.6 is 0 Å². The number of nitrogens with zero attached hydrogens (tertiary/aromatic N) is 2. The molecule has 2 N–H and O–H groups in total. The summed E-state index contributed by atoms with van der Waals surface area (Å²) in [6, 6.07) is 14.3. The van der Waals surface area contributed by atoms with Crippen molar-refractivity contribution in [3.63, 3.8) is 0 Å². The molecule has 1 fully saturated rings. The normalized spacial score (nSPS) is 22.6. The minimum absolute atomic E-state index is 0.0383. The summed E-state index contributed by atoms with van der Waals surface area (Å²) in [5.41, 5.74) is 2.82. The van der Waals surface area contributed by atoms with Crippen LogP contribution in [0.4, 0.5) is 5.82 Å². The van der Waals surface area contributed by atoms with Gasteiger partial charge in [-0.25, -0.2) is 4.98 Å². The van der Waals surface area contributed by atoms with E-state index in [0.29, 0.717) is 13.1 Å². The van der Waals surface area contributed by atoms with Crippen LogP contribution in [-0.4, -0.2) is 28.6 Å². The number of anilines is 1. The quantitative estimate of drug-likeness (QED) is 0.853. The molecular formula is C23H29N3O2. The number of fused-ring (bicyclic) bond motifs is 1. The molecule has 0 radical (unpaired) electrons. The number of hydrogen-bond donors (Lipinski definition) is 2. The summed E-state index contributed by atoms with van der Waals surface area (Å²) in [5, 5.41) is 14.2. The molecule has 1 aliphatic carbocycles. The molecule has 2 atom stereocenters. The Morgan fingerprint density at radius 1 is 1.14 bits per heavy atom. The number of aryl methyl sites for hydroxylation is 1. The standard InChI is InChI=1S/C23H29N3O2/c1-16-12-13-19-21(27)20(23(28)25-18-10-6-3-7-11-18)15-26(22(19)24-16)14-17-8-4-2-5-9-17/h2,4-5,8-9,12-13,18,20-21,27H,3,6-7,10-11,14-15H2,1H3,(H,25,28). The van der Waals surface area contributed by atoms with Crippen molar-refractivity contribution in [1.82, 2.24) is 10.3 Å². The second-order valence-corrected chi connectivity index (χ2v) is 8.13. The van der Waals surface area contributed by atoms with E-state index in [4.69, 9.17) is 0 Å². The van der Waals surface area contributed by atoms with Crippen molar-refractivity contribution >= 4 is 11.7 Å². The maximum atomic E-state index is 13.0. The Kier molecular flexibility index (Phi) is 5.62. The predicted molar refractivity (Wildman–Crippen MR) is 110 cm³/mol. The first-order valence-corrected chi connectivity index (χ1v) is 10.4. The summed E-state index contributed by atoms with van der Waals surface area (Å²) < 4.78 is 0. The largest absolute Gasteiger partial charge is 0.387 e. The predicted octanol–water partition coefficient (Wildman–Crippen LogP) is 3.51. The molecule has 1 aromatic carbocycles. The van der Waals surface area contributed by atoms with E-state index in [-0.39, 0.29) is 11.9 Å². The lowest BCUT2D eigenvalue weighted by Gasteiger charge is -2.38. The highest BCUT2D eigenvalue weighted by Crippen LogP contribution is 2.37. The molecule has 5 heteroatoms. The van der Waals surface area contributed by atoms with Crippen molar-refractivity contribution in [3.8, 4) is 0 Å². The molecule has 148 valence electrons. The minimum Gasteiger partial charge on any atom is -0.387 e. The summed E-state index contributed by atoms with van der Waals surface area (Å²) in [6.07, 6.45) is 4.86. The maximum Gasteiger partial charge on any atom is 0.228 e. The van der Waals surface area contributed by atoms with Crippen LogP contribution in [0.1, 0.15) is 55.0 Å². The Morgan fingerprint density at radius 3 is 2.64 bits per heavy atom. The van der Waals surface area contributed by atoms with E-state index in [1.54, 1.807) is 0 Å². The van der Waals surface area contributed by atoms with Crippen molar-refractivity contribution in [1.29, 1.82) is 0 Å². The van der Waals surface area contributed by atoms with Crippen LogP contribution in [0.15, 0.2) is 42.5 Å². The van der Waals surface area contributed by atoms with Crippen LogP contribution < -0.4 is 10.2 Å². The third kappa shape index (κ3) is 4.04. The van der Waals surface area contributed by atoms with E-state index >= 15 is 0 Å². The van der Waals surface area contributed by atoms with Gasteiger partial charge < -0.3 is 15.3 Å². The van der Waals surface area contributed by atoms with Gasteiger partial charge in [-0.15, -0.1) is 0 Å². The second kappa shape index (κ2) is 8.31. The van der Waals surface area contributed by atoms with Gasteiger partial charge in [-0.2, -0.15) is 0 Å². The van der Waals surface area contributed by atoms with Crippen LogP contribution in [0.2, 0.25) is 0 Å². The summed E-state index contributed by atoms with van der Waals surface area (Å²) in [5.74, 6) is 0.268. The van der Waals surface area contributed by atoms with E-state index in [0.717, 1.165) is 29.9 Å². The number of benzene rings is 1. The minimum atomic E-state index is -0.821. The Morgan fingerprint density at radius 2 is 1.89 bits per heavy atom. The molecule has 2 aromatic rings. The van der Waals surface area contributed by atoms with Gasteiger partial charge in [-0.3, -0.25) is 4.79 Å². The number of hydrogen-bond acceptors (Lipinski definition) is 4. The average Bonchev–Trinajstić information content (AvgIpc) is 2.71. The van der Waals surface area contributed by atoms with E-state index in [2.05, 4.69) is 27.3 Å². The molecule has 2 aliphatic rings. The fourth-order valence-electron chi connectivity index (χ4n) is 4.40. The van der Waals surface area contributed by atoms with Crippen LogP contribution in [0.5, 0.6) is 0 Å². The Hall–Kier alpha value is -2.40. The topological polar surface area (TPSA) is 65.5 Å². The fraction of sp³-hybridized carbons (Fsp3) is 0.478. The van der Waals surface area contributed by atoms with E-state index in [1.807, 2.05) is 37.3 Å².